The number of nitrogens with two attached hydrogens (primary N) is 1. The second-order valence-corrected chi connectivity index (χ2v) is 7.63. The number of sulfonamides is 1. The first-order chi connectivity index (χ1) is 9.56. The van der Waals surface area contributed by atoms with E-state index in [9.17, 15) is 8.42 Å². The molecule has 6 heteroatoms. The summed E-state index contributed by atoms with van der Waals surface area (Å²) >= 11 is 0. The van der Waals surface area contributed by atoms with Crippen LogP contribution in [0.4, 0.5) is 11.4 Å². The van der Waals surface area contributed by atoms with Crippen LogP contribution in [0.15, 0.2) is 24.3 Å². The van der Waals surface area contributed by atoms with Gasteiger partial charge in [-0.3, -0.25) is 0 Å². The third-order valence-corrected chi connectivity index (χ3v) is 6.27. The van der Waals surface area contributed by atoms with Gasteiger partial charge < -0.3 is 10.6 Å². The molecule has 20 heavy (non-hydrogen) atoms. The lowest BCUT2D eigenvalue weighted by atomic mass is 10.0. The second-order valence-electron chi connectivity index (χ2n) is 5.59. The fraction of sp³-hybridized carbons (Fsp3) is 0.571. The molecule has 2 aliphatic heterocycles. The van der Waals surface area contributed by atoms with E-state index >= 15 is 0 Å². The molecule has 110 valence electrons. The Labute approximate surface area is 120 Å². The van der Waals surface area contributed by atoms with Crippen LogP contribution < -0.4 is 10.6 Å². The van der Waals surface area contributed by atoms with Gasteiger partial charge in [-0.05, 0) is 43.5 Å². The number of hydrogen-bond donors (Lipinski definition) is 1. The van der Waals surface area contributed by atoms with Crippen LogP contribution in [-0.4, -0.2) is 44.2 Å². The highest BCUT2D eigenvalue weighted by molar-refractivity contribution is 7.89. The molecule has 3 rings (SSSR count). The SMILES string of the molecule is Nc1ccc(N2CCC(N3CCCS3(=O)=O)CC2)cc1. The van der Waals surface area contributed by atoms with Crippen LogP contribution in [0.2, 0.25) is 0 Å². The quantitative estimate of drug-likeness (QED) is 0.835. The van der Waals surface area contributed by atoms with Crippen LogP contribution in [0.1, 0.15) is 19.3 Å². The van der Waals surface area contributed by atoms with E-state index in [1.807, 2.05) is 24.3 Å². The molecule has 2 N–H and O–H groups in total. The van der Waals surface area contributed by atoms with Crippen molar-refractivity contribution in [3.8, 4) is 0 Å². The molecule has 1 aromatic carbocycles. The van der Waals surface area contributed by atoms with Gasteiger partial charge in [-0.1, -0.05) is 0 Å². The Bertz CT molecular complexity index is 563. The zero-order valence-electron chi connectivity index (χ0n) is 11.5. The Hall–Kier alpha value is -1.27. The molecule has 2 heterocycles. The third kappa shape index (κ3) is 2.62. The summed E-state index contributed by atoms with van der Waals surface area (Å²) in [5, 5.41) is 0. The Kier molecular flexibility index (Phi) is 3.60. The van der Waals surface area contributed by atoms with Gasteiger partial charge in [0, 0.05) is 37.1 Å². The van der Waals surface area contributed by atoms with E-state index in [0.29, 0.717) is 12.3 Å². The first kappa shape index (κ1) is 13.7. The Morgan fingerprint density at radius 2 is 1.70 bits per heavy atom. The van der Waals surface area contributed by atoms with E-state index in [-0.39, 0.29) is 6.04 Å². The van der Waals surface area contributed by atoms with Crippen molar-refractivity contribution >= 4 is 21.4 Å². The molecule has 0 radical (unpaired) electrons. The normalized spacial score (nSPS) is 24.1. The highest BCUT2D eigenvalue weighted by Crippen LogP contribution is 2.27. The minimum absolute atomic E-state index is 0.188. The summed E-state index contributed by atoms with van der Waals surface area (Å²) in [6.07, 6.45) is 2.59. The van der Waals surface area contributed by atoms with E-state index in [1.54, 1.807) is 4.31 Å². The Morgan fingerprint density at radius 1 is 1.05 bits per heavy atom. The van der Waals surface area contributed by atoms with E-state index < -0.39 is 10.0 Å². The largest absolute Gasteiger partial charge is 0.399 e. The smallest absolute Gasteiger partial charge is 0.214 e. The van der Waals surface area contributed by atoms with Gasteiger partial charge in [-0.15, -0.1) is 0 Å². The summed E-state index contributed by atoms with van der Waals surface area (Å²) in [5.74, 6) is 0.325. The monoisotopic (exact) mass is 295 g/mol. The molecule has 1 aromatic rings. The maximum atomic E-state index is 11.9. The standard InChI is InChI=1S/C14H21N3O2S/c15-12-2-4-13(5-3-12)16-9-6-14(7-10-16)17-8-1-11-20(17,18)19/h2-5,14H,1,6-11,15H2. The summed E-state index contributed by atoms with van der Waals surface area (Å²) in [7, 11) is -2.98. The lowest BCUT2D eigenvalue weighted by molar-refractivity contribution is 0.291. The van der Waals surface area contributed by atoms with Gasteiger partial charge in [-0.25, -0.2) is 8.42 Å². The maximum Gasteiger partial charge on any atom is 0.214 e. The Morgan fingerprint density at radius 3 is 2.25 bits per heavy atom. The molecule has 0 atom stereocenters. The molecule has 2 saturated heterocycles. The van der Waals surface area contributed by atoms with Crippen LogP contribution in [0, 0.1) is 0 Å². The van der Waals surface area contributed by atoms with Crippen LogP contribution in [0.25, 0.3) is 0 Å². The topological polar surface area (TPSA) is 66.6 Å². The number of anilines is 2. The van der Waals surface area contributed by atoms with E-state index in [1.165, 1.54) is 5.69 Å². The predicted molar refractivity (Wildman–Crippen MR) is 81.2 cm³/mol. The summed E-state index contributed by atoms with van der Waals surface area (Å²) in [4.78, 5) is 2.30. The molecule has 0 aliphatic carbocycles. The molecule has 0 bridgehead atoms. The first-order valence-electron chi connectivity index (χ1n) is 7.16. The van der Waals surface area contributed by atoms with Gasteiger partial charge in [-0.2, -0.15) is 4.31 Å². The maximum absolute atomic E-state index is 11.9. The molecule has 2 fully saturated rings. The zero-order valence-corrected chi connectivity index (χ0v) is 12.3. The summed E-state index contributed by atoms with van der Waals surface area (Å²) in [6.45, 7) is 2.51. The molecule has 0 unspecified atom stereocenters. The van der Waals surface area contributed by atoms with Crippen molar-refractivity contribution < 1.29 is 8.42 Å². The van der Waals surface area contributed by atoms with Crippen molar-refractivity contribution in [3.05, 3.63) is 24.3 Å². The molecule has 2 aliphatic rings. The van der Waals surface area contributed by atoms with Crippen molar-refractivity contribution in [1.29, 1.82) is 0 Å². The molecule has 0 saturated carbocycles. The average Bonchev–Trinajstić information content (AvgIpc) is 2.79. The highest BCUT2D eigenvalue weighted by atomic mass is 32.2. The summed E-state index contributed by atoms with van der Waals surface area (Å²) in [6, 6.07) is 8.07. The average molecular weight is 295 g/mol. The van der Waals surface area contributed by atoms with Gasteiger partial charge in [0.1, 0.15) is 0 Å². The van der Waals surface area contributed by atoms with Crippen LogP contribution in [-0.2, 0) is 10.0 Å². The van der Waals surface area contributed by atoms with Crippen LogP contribution in [0.3, 0.4) is 0 Å². The van der Waals surface area contributed by atoms with E-state index in [2.05, 4.69) is 4.90 Å². The van der Waals surface area contributed by atoms with E-state index in [4.69, 9.17) is 5.73 Å². The molecule has 5 nitrogen and oxygen atoms in total. The van der Waals surface area contributed by atoms with Gasteiger partial charge in [0.15, 0.2) is 0 Å². The minimum Gasteiger partial charge on any atom is -0.399 e. The predicted octanol–water partition coefficient (Wildman–Crippen LogP) is 1.27. The number of hydrogen-bond acceptors (Lipinski definition) is 4. The summed E-state index contributed by atoms with van der Waals surface area (Å²) in [5.41, 5.74) is 7.64. The fourth-order valence-corrected chi connectivity index (χ4v) is 4.97. The first-order valence-corrected chi connectivity index (χ1v) is 8.77. The number of piperidine rings is 1. The number of benzene rings is 1. The lowest BCUT2D eigenvalue weighted by Gasteiger charge is -2.37. The van der Waals surface area contributed by atoms with Gasteiger partial charge in [0.2, 0.25) is 10.0 Å². The van der Waals surface area contributed by atoms with Gasteiger partial charge >= 0.3 is 0 Å². The van der Waals surface area contributed by atoms with E-state index in [0.717, 1.165) is 38.0 Å². The van der Waals surface area contributed by atoms with Gasteiger partial charge in [0.25, 0.3) is 0 Å². The van der Waals surface area contributed by atoms with Crippen molar-refractivity contribution in [3.63, 3.8) is 0 Å². The minimum atomic E-state index is -2.98. The molecule has 0 aromatic heterocycles. The van der Waals surface area contributed by atoms with Crippen molar-refractivity contribution in [1.82, 2.24) is 4.31 Å². The Balaban J connectivity index is 1.64. The summed E-state index contributed by atoms with van der Waals surface area (Å²) < 4.78 is 25.6. The highest BCUT2D eigenvalue weighted by Gasteiger charge is 2.35. The molecular weight excluding hydrogens is 274 g/mol. The zero-order chi connectivity index (χ0) is 14.2. The van der Waals surface area contributed by atoms with Gasteiger partial charge in [0.05, 0.1) is 5.75 Å². The van der Waals surface area contributed by atoms with Crippen molar-refractivity contribution in [2.45, 2.75) is 25.3 Å². The lowest BCUT2D eigenvalue weighted by Crippen LogP contribution is -2.45. The molecular formula is C14H21N3O2S. The molecule has 0 spiro atoms. The van der Waals surface area contributed by atoms with Crippen LogP contribution >= 0.6 is 0 Å². The van der Waals surface area contributed by atoms with Crippen LogP contribution in [0.5, 0.6) is 0 Å². The van der Waals surface area contributed by atoms with Crippen molar-refractivity contribution in [2.75, 3.05) is 36.0 Å². The third-order valence-electron chi connectivity index (χ3n) is 4.27. The van der Waals surface area contributed by atoms with Crippen molar-refractivity contribution in [2.24, 2.45) is 0 Å². The second kappa shape index (κ2) is 5.26. The number of nitrogens with zero attached hydrogens (tertiary/aromatic N) is 2. The number of rotatable bonds is 2. The number of nitrogen functional groups attached to an aromatic ring is 1. The molecule has 0 amide bonds. The fourth-order valence-electron chi connectivity index (χ4n) is 3.17.